The molecular formula is C12H17N3O2. The topological polar surface area (TPSA) is 84.3 Å². The van der Waals surface area contributed by atoms with E-state index in [2.05, 4.69) is 10.3 Å². The first kappa shape index (κ1) is 11.7. The molecule has 2 aromatic rings. The van der Waals surface area contributed by atoms with Crippen LogP contribution in [0.25, 0.3) is 11.1 Å². The Hall–Kier alpha value is -1.75. The predicted octanol–water partition coefficient (Wildman–Crippen LogP) is 1.98. The normalized spacial score (nSPS) is 12.8. The van der Waals surface area contributed by atoms with Gasteiger partial charge in [0.25, 0.3) is 6.01 Å². The molecule has 92 valence electrons. The number of para-hydroxylation sites is 1. The summed E-state index contributed by atoms with van der Waals surface area (Å²) in [5.74, 6) is 0. The number of aliphatic hydroxyl groups excluding tert-OH is 1. The molecule has 1 unspecified atom stereocenters. The SMILES string of the molecule is CCC(O)CCNc1nc2c(N)cccc2o1. The third-order valence-electron chi connectivity index (χ3n) is 2.68. The number of nitrogens with one attached hydrogen (secondary N) is 1. The van der Waals surface area contributed by atoms with Gasteiger partial charge in [-0.25, -0.2) is 0 Å². The van der Waals surface area contributed by atoms with Gasteiger partial charge in [-0.1, -0.05) is 13.0 Å². The Morgan fingerprint density at radius 2 is 2.35 bits per heavy atom. The van der Waals surface area contributed by atoms with Crippen LogP contribution in [0.5, 0.6) is 0 Å². The van der Waals surface area contributed by atoms with Crippen molar-refractivity contribution in [3.63, 3.8) is 0 Å². The molecule has 5 heteroatoms. The quantitative estimate of drug-likeness (QED) is 0.690. The minimum absolute atomic E-state index is 0.281. The Bertz CT molecular complexity index is 495. The third kappa shape index (κ3) is 2.68. The molecule has 0 aliphatic rings. The van der Waals surface area contributed by atoms with Gasteiger partial charge in [-0.05, 0) is 25.0 Å². The van der Waals surface area contributed by atoms with Crippen LogP contribution in [0.3, 0.4) is 0 Å². The molecule has 1 atom stereocenters. The molecule has 0 aliphatic heterocycles. The van der Waals surface area contributed by atoms with Crippen LogP contribution in [-0.4, -0.2) is 22.7 Å². The zero-order valence-electron chi connectivity index (χ0n) is 9.81. The lowest BCUT2D eigenvalue weighted by atomic mass is 10.2. The van der Waals surface area contributed by atoms with E-state index in [4.69, 9.17) is 10.2 Å². The predicted molar refractivity (Wildman–Crippen MR) is 67.8 cm³/mol. The smallest absolute Gasteiger partial charge is 0.295 e. The van der Waals surface area contributed by atoms with Crippen molar-refractivity contribution in [2.24, 2.45) is 0 Å². The van der Waals surface area contributed by atoms with Crippen LogP contribution in [-0.2, 0) is 0 Å². The highest BCUT2D eigenvalue weighted by Crippen LogP contribution is 2.23. The van der Waals surface area contributed by atoms with Gasteiger partial charge in [0.2, 0.25) is 0 Å². The summed E-state index contributed by atoms with van der Waals surface area (Å²) in [6.07, 6.45) is 1.14. The van der Waals surface area contributed by atoms with E-state index in [9.17, 15) is 5.11 Å². The molecule has 2 rings (SSSR count). The minimum Gasteiger partial charge on any atom is -0.423 e. The van der Waals surface area contributed by atoms with Crippen molar-refractivity contribution < 1.29 is 9.52 Å². The van der Waals surface area contributed by atoms with Crippen molar-refractivity contribution >= 4 is 22.8 Å². The van der Waals surface area contributed by atoms with Gasteiger partial charge in [0.05, 0.1) is 11.8 Å². The molecule has 1 aromatic heterocycles. The molecule has 1 aromatic carbocycles. The fourth-order valence-corrected chi connectivity index (χ4v) is 1.60. The highest BCUT2D eigenvalue weighted by molar-refractivity contribution is 5.86. The Kier molecular flexibility index (Phi) is 3.49. The van der Waals surface area contributed by atoms with E-state index in [-0.39, 0.29) is 6.10 Å². The molecule has 0 aliphatic carbocycles. The highest BCUT2D eigenvalue weighted by Gasteiger charge is 2.08. The number of hydrogen-bond donors (Lipinski definition) is 3. The summed E-state index contributed by atoms with van der Waals surface area (Å²) in [5.41, 5.74) is 7.72. The van der Waals surface area contributed by atoms with Crippen LogP contribution >= 0.6 is 0 Å². The average Bonchev–Trinajstić information content (AvgIpc) is 2.73. The van der Waals surface area contributed by atoms with Gasteiger partial charge in [-0.3, -0.25) is 0 Å². The highest BCUT2D eigenvalue weighted by atomic mass is 16.4. The molecule has 5 nitrogen and oxygen atoms in total. The number of nitrogens with two attached hydrogens (primary N) is 1. The zero-order chi connectivity index (χ0) is 12.3. The molecule has 0 saturated carbocycles. The maximum Gasteiger partial charge on any atom is 0.295 e. The number of benzene rings is 1. The third-order valence-corrected chi connectivity index (χ3v) is 2.68. The second-order valence-electron chi connectivity index (χ2n) is 3.99. The summed E-state index contributed by atoms with van der Waals surface area (Å²) in [5, 5.41) is 12.4. The summed E-state index contributed by atoms with van der Waals surface area (Å²) in [6, 6.07) is 5.88. The Morgan fingerprint density at radius 1 is 1.53 bits per heavy atom. The monoisotopic (exact) mass is 235 g/mol. The van der Waals surface area contributed by atoms with Crippen LogP contribution in [0.1, 0.15) is 19.8 Å². The molecule has 0 radical (unpaired) electrons. The summed E-state index contributed by atoms with van der Waals surface area (Å²) in [7, 11) is 0. The summed E-state index contributed by atoms with van der Waals surface area (Å²) in [6.45, 7) is 2.58. The number of rotatable bonds is 5. The average molecular weight is 235 g/mol. The van der Waals surface area contributed by atoms with Crippen LogP contribution in [0, 0.1) is 0 Å². The van der Waals surface area contributed by atoms with Gasteiger partial charge < -0.3 is 20.6 Å². The fraction of sp³-hybridized carbons (Fsp3) is 0.417. The van der Waals surface area contributed by atoms with Gasteiger partial charge in [-0.2, -0.15) is 4.98 Å². The van der Waals surface area contributed by atoms with Crippen LogP contribution in [0.15, 0.2) is 22.6 Å². The lowest BCUT2D eigenvalue weighted by molar-refractivity contribution is 0.164. The van der Waals surface area contributed by atoms with Crippen LogP contribution < -0.4 is 11.1 Å². The number of hydrogen-bond acceptors (Lipinski definition) is 5. The van der Waals surface area contributed by atoms with Crippen molar-refractivity contribution in [2.75, 3.05) is 17.6 Å². The lowest BCUT2D eigenvalue weighted by Crippen LogP contribution is -2.12. The van der Waals surface area contributed by atoms with E-state index in [1.54, 1.807) is 6.07 Å². The van der Waals surface area contributed by atoms with Gasteiger partial charge in [0.15, 0.2) is 5.58 Å². The van der Waals surface area contributed by atoms with Crippen molar-refractivity contribution in [1.29, 1.82) is 0 Å². The number of anilines is 2. The van der Waals surface area contributed by atoms with Crippen LogP contribution in [0.2, 0.25) is 0 Å². The first-order valence-corrected chi connectivity index (χ1v) is 5.77. The molecular weight excluding hydrogens is 218 g/mol. The fourth-order valence-electron chi connectivity index (χ4n) is 1.60. The standard InChI is InChI=1S/C12H17N3O2/c1-2-8(16)6-7-14-12-15-11-9(13)4-3-5-10(11)17-12/h3-5,8,16H,2,6-7,13H2,1H3,(H,14,15). The maximum atomic E-state index is 9.41. The Labute approximate surface area is 99.6 Å². The number of aromatic nitrogens is 1. The van der Waals surface area contributed by atoms with Gasteiger partial charge in [0, 0.05) is 6.54 Å². The van der Waals surface area contributed by atoms with Gasteiger partial charge >= 0.3 is 0 Å². The summed E-state index contributed by atoms with van der Waals surface area (Å²) >= 11 is 0. The first-order valence-electron chi connectivity index (χ1n) is 5.77. The van der Waals surface area contributed by atoms with E-state index in [1.807, 2.05) is 19.1 Å². The Balaban J connectivity index is 2.02. The van der Waals surface area contributed by atoms with Crippen molar-refractivity contribution in [1.82, 2.24) is 4.98 Å². The van der Waals surface area contributed by atoms with E-state index < -0.39 is 0 Å². The van der Waals surface area contributed by atoms with E-state index in [0.29, 0.717) is 35.8 Å². The minimum atomic E-state index is -0.281. The van der Waals surface area contributed by atoms with Crippen molar-refractivity contribution in [3.05, 3.63) is 18.2 Å². The molecule has 4 N–H and O–H groups in total. The number of nitrogen functional groups attached to an aromatic ring is 1. The lowest BCUT2D eigenvalue weighted by Gasteiger charge is -2.06. The number of fused-ring (bicyclic) bond motifs is 1. The number of oxazole rings is 1. The first-order chi connectivity index (χ1) is 8.20. The molecule has 0 fully saturated rings. The maximum absolute atomic E-state index is 9.41. The van der Waals surface area contributed by atoms with E-state index >= 15 is 0 Å². The van der Waals surface area contributed by atoms with Crippen molar-refractivity contribution in [3.8, 4) is 0 Å². The zero-order valence-corrected chi connectivity index (χ0v) is 9.81. The number of aliphatic hydroxyl groups is 1. The molecule has 0 spiro atoms. The second-order valence-corrected chi connectivity index (χ2v) is 3.99. The summed E-state index contributed by atoms with van der Waals surface area (Å²) in [4.78, 5) is 4.25. The second kappa shape index (κ2) is 5.05. The molecule has 0 saturated heterocycles. The van der Waals surface area contributed by atoms with Crippen LogP contribution in [0.4, 0.5) is 11.7 Å². The number of nitrogens with zero attached hydrogens (tertiary/aromatic N) is 1. The van der Waals surface area contributed by atoms with Crippen molar-refractivity contribution in [2.45, 2.75) is 25.9 Å². The van der Waals surface area contributed by atoms with E-state index in [1.165, 1.54) is 0 Å². The van der Waals surface area contributed by atoms with Gasteiger partial charge in [0.1, 0.15) is 5.52 Å². The Morgan fingerprint density at radius 3 is 3.06 bits per heavy atom. The van der Waals surface area contributed by atoms with E-state index in [0.717, 1.165) is 6.42 Å². The van der Waals surface area contributed by atoms with Gasteiger partial charge in [-0.15, -0.1) is 0 Å². The molecule has 0 amide bonds. The largest absolute Gasteiger partial charge is 0.423 e. The summed E-state index contributed by atoms with van der Waals surface area (Å²) < 4.78 is 5.48. The molecule has 0 bridgehead atoms. The molecule has 1 heterocycles. The molecule has 17 heavy (non-hydrogen) atoms.